The summed E-state index contributed by atoms with van der Waals surface area (Å²) in [6, 6.07) is 15.0. The van der Waals surface area contributed by atoms with E-state index in [0.29, 0.717) is 10.7 Å². The Morgan fingerprint density at radius 2 is 1.89 bits per heavy atom. The molecule has 0 saturated carbocycles. The minimum atomic E-state index is -0.903. The van der Waals surface area contributed by atoms with Gasteiger partial charge >= 0.3 is 5.97 Å². The zero-order chi connectivity index (χ0) is 19.1. The molecule has 0 fully saturated rings. The molecule has 0 aliphatic heterocycles. The number of aliphatic carboxylic acids is 1. The Morgan fingerprint density at radius 1 is 1.19 bits per heavy atom. The largest absolute Gasteiger partial charge is 0.481 e. The van der Waals surface area contributed by atoms with Gasteiger partial charge in [0.25, 0.3) is 0 Å². The number of H-pyrrole nitrogens is 1. The van der Waals surface area contributed by atoms with Crippen LogP contribution in [0.1, 0.15) is 22.1 Å². The number of aromatic amines is 1. The van der Waals surface area contributed by atoms with Gasteiger partial charge in [-0.3, -0.25) is 4.79 Å². The molecular formula is C21H17ClN2O2S. The number of carboxylic acids is 1. The van der Waals surface area contributed by atoms with Gasteiger partial charge in [0, 0.05) is 37.4 Å². The van der Waals surface area contributed by atoms with Crippen molar-refractivity contribution in [2.75, 3.05) is 5.73 Å². The van der Waals surface area contributed by atoms with E-state index in [1.807, 2.05) is 43.3 Å². The van der Waals surface area contributed by atoms with Gasteiger partial charge in [0.05, 0.1) is 5.69 Å². The van der Waals surface area contributed by atoms with Crippen molar-refractivity contribution in [1.29, 1.82) is 0 Å². The van der Waals surface area contributed by atoms with Crippen LogP contribution in [0, 0.1) is 6.92 Å². The molecule has 4 nitrogen and oxygen atoms in total. The normalized spacial score (nSPS) is 12.4. The zero-order valence-electron chi connectivity index (χ0n) is 14.5. The summed E-state index contributed by atoms with van der Waals surface area (Å²) in [6.07, 6.45) is 0. The summed E-state index contributed by atoms with van der Waals surface area (Å²) in [5, 5.41) is 13.5. The molecular weight excluding hydrogens is 380 g/mol. The van der Waals surface area contributed by atoms with E-state index in [-0.39, 0.29) is 0 Å². The Morgan fingerprint density at radius 3 is 2.59 bits per heavy atom. The van der Waals surface area contributed by atoms with E-state index in [2.05, 4.69) is 4.98 Å². The topological polar surface area (TPSA) is 79.1 Å². The predicted molar refractivity (Wildman–Crippen MR) is 112 cm³/mol. The van der Waals surface area contributed by atoms with Crippen molar-refractivity contribution in [2.24, 2.45) is 0 Å². The van der Waals surface area contributed by atoms with Gasteiger partial charge in [-0.15, -0.1) is 11.3 Å². The number of benzene rings is 2. The van der Waals surface area contributed by atoms with Gasteiger partial charge in [-0.25, -0.2) is 0 Å². The molecule has 2 aromatic carbocycles. The summed E-state index contributed by atoms with van der Waals surface area (Å²) in [5.74, 6) is -1.71. The molecule has 6 heteroatoms. The summed E-state index contributed by atoms with van der Waals surface area (Å²) in [4.78, 5) is 16.4. The number of para-hydroxylation sites is 1. The van der Waals surface area contributed by atoms with Gasteiger partial charge < -0.3 is 15.8 Å². The third-order valence-electron chi connectivity index (χ3n) is 4.72. The van der Waals surface area contributed by atoms with Crippen molar-refractivity contribution < 1.29 is 9.90 Å². The van der Waals surface area contributed by atoms with Gasteiger partial charge in [0.1, 0.15) is 5.92 Å². The second-order valence-corrected chi connectivity index (χ2v) is 7.77. The second kappa shape index (κ2) is 6.76. The van der Waals surface area contributed by atoms with Crippen LogP contribution < -0.4 is 5.73 Å². The Labute approximate surface area is 165 Å². The Hall–Kier alpha value is -2.76. The predicted octanol–water partition coefficient (Wildman–Crippen LogP) is 5.66. The maximum atomic E-state index is 12.4. The van der Waals surface area contributed by atoms with Crippen LogP contribution in [0.2, 0.25) is 5.02 Å². The number of hydrogen-bond acceptors (Lipinski definition) is 3. The van der Waals surface area contributed by atoms with E-state index >= 15 is 0 Å². The first-order chi connectivity index (χ1) is 13.0. The second-order valence-electron chi connectivity index (χ2n) is 6.42. The Kier molecular flexibility index (Phi) is 4.42. The molecule has 0 aliphatic carbocycles. The number of nitrogen functional groups attached to an aromatic ring is 1. The molecule has 0 amide bonds. The molecule has 0 bridgehead atoms. The summed E-state index contributed by atoms with van der Waals surface area (Å²) >= 11 is 7.38. The van der Waals surface area contributed by atoms with Gasteiger partial charge in [-0.05, 0) is 36.2 Å². The highest BCUT2D eigenvalue weighted by Crippen LogP contribution is 2.44. The highest BCUT2D eigenvalue weighted by Gasteiger charge is 2.31. The van der Waals surface area contributed by atoms with Gasteiger partial charge in [0.2, 0.25) is 0 Å². The fourth-order valence-corrected chi connectivity index (χ4v) is 4.77. The molecule has 0 aliphatic rings. The maximum absolute atomic E-state index is 12.4. The fourth-order valence-electron chi connectivity index (χ4n) is 3.56. The standard InChI is InChI=1S/C21H17ClN2O2S/c1-11-17(14-4-2-3-5-16(14)24-11)19(21(25)26)20-18(15(23)10-27-20)12-6-8-13(22)9-7-12/h2-10,19,24H,23H2,1H3,(H,25,26). The number of anilines is 1. The lowest BCUT2D eigenvalue weighted by Crippen LogP contribution is -2.13. The molecule has 2 heterocycles. The summed E-state index contributed by atoms with van der Waals surface area (Å²) in [5.41, 5.74) is 11.0. The average Bonchev–Trinajstić information content (AvgIpc) is 3.17. The van der Waals surface area contributed by atoms with Crippen molar-refractivity contribution in [3.63, 3.8) is 0 Å². The van der Waals surface area contributed by atoms with Gasteiger partial charge in [-0.1, -0.05) is 41.9 Å². The molecule has 1 atom stereocenters. The smallest absolute Gasteiger partial charge is 0.316 e. The zero-order valence-corrected chi connectivity index (χ0v) is 16.1. The summed E-state index contributed by atoms with van der Waals surface area (Å²) < 4.78 is 0. The number of thiophene rings is 1. The number of nitrogens with one attached hydrogen (secondary N) is 1. The minimum Gasteiger partial charge on any atom is -0.481 e. The lowest BCUT2D eigenvalue weighted by Gasteiger charge is -2.15. The molecule has 4 rings (SSSR count). The number of carboxylic acid groups (broad SMARTS) is 1. The number of rotatable bonds is 4. The van der Waals surface area contributed by atoms with Crippen LogP contribution in [0.5, 0.6) is 0 Å². The van der Waals surface area contributed by atoms with Crippen LogP contribution >= 0.6 is 22.9 Å². The molecule has 0 saturated heterocycles. The van der Waals surface area contributed by atoms with E-state index in [1.165, 1.54) is 11.3 Å². The van der Waals surface area contributed by atoms with Gasteiger partial charge in [-0.2, -0.15) is 0 Å². The summed E-state index contributed by atoms with van der Waals surface area (Å²) in [6.45, 7) is 1.91. The first-order valence-corrected chi connectivity index (χ1v) is 9.66. The van der Waals surface area contributed by atoms with Crippen molar-refractivity contribution in [2.45, 2.75) is 12.8 Å². The van der Waals surface area contributed by atoms with E-state index in [1.54, 1.807) is 17.5 Å². The van der Waals surface area contributed by atoms with Crippen LogP contribution in [-0.4, -0.2) is 16.1 Å². The molecule has 27 heavy (non-hydrogen) atoms. The minimum absolute atomic E-state index is 0.570. The Bertz CT molecular complexity index is 1140. The van der Waals surface area contributed by atoms with Crippen molar-refractivity contribution in [3.8, 4) is 11.1 Å². The van der Waals surface area contributed by atoms with Crippen molar-refractivity contribution in [3.05, 3.63) is 75.1 Å². The fraction of sp³-hybridized carbons (Fsp3) is 0.0952. The van der Waals surface area contributed by atoms with Crippen LogP contribution in [0.4, 0.5) is 5.69 Å². The third-order valence-corrected chi connectivity index (χ3v) is 6.04. The van der Waals surface area contributed by atoms with Crippen LogP contribution in [0.15, 0.2) is 53.9 Å². The third kappa shape index (κ3) is 2.99. The quantitative estimate of drug-likeness (QED) is 0.416. The first kappa shape index (κ1) is 17.6. The highest BCUT2D eigenvalue weighted by atomic mass is 35.5. The van der Waals surface area contributed by atoms with E-state index < -0.39 is 11.9 Å². The molecule has 4 aromatic rings. The molecule has 4 N–H and O–H groups in total. The van der Waals surface area contributed by atoms with Crippen LogP contribution in [0.3, 0.4) is 0 Å². The van der Waals surface area contributed by atoms with Gasteiger partial charge in [0.15, 0.2) is 0 Å². The lowest BCUT2D eigenvalue weighted by molar-refractivity contribution is -0.137. The number of halogens is 1. The van der Waals surface area contributed by atoms with Crippen LogP contribution in [0.25, 0.3) is 22.0 Å². The van der Waals surface area contributed by atoms with Crippen molar-refractivity contribution in [1.82, 2.24) is 4.98 Å². The SMILES string of the molecule is Cc1[nH]c2ccccc2c1C(C(=O)O)c1scc(N)c1-c1ccc(Cl)cc1. The first-order valence-electron chi connectivity index (χ1n) is 8.40. The molecule has 0 radical (unpaired) electrons. The van der Waals surface area contributed by atoms with E-state index in [9.17, 15) is 9.90 Å². The molecule has 1 unspecified atom stereocenters. The van der Waals surface area contributed by atoms with Crippen molar-refractivity contribution >= 4 is 45.5 Å². The number of aryl methyl sites for hydroxylation is 1. The molecule has 0 spiro atoms. The monoisotopic (exact) mass is 396 g/mol. The number of carbonyl (C=O) groups is 1. The Balaban J connectivity index is 1.96. The maximum Gasteiger partial charge on any atom is 0.316 e. The molecule has 136 valence electrons. The lowest BCUT2D eigenvalue weighted by atomic mass is 9.90. The molecule has 2 aromatic heterocycles. The highest BCUT2D eigenvalue weighted by molar-refractivity contribution is 7.11. The number of hydrogen-bond donors (Lipinski definition) is 3. The number of nitrogens with two attached hydrogens (primary N) is 1. The number of aromatic nitrogens is 1. The average molecular weight is 397 g/mol. The summed E-state index contributed by atoms with van der Waals surface area (Å²) in [7, 11) is 0. The van der Waals surface area contributed by atoms with E-state index in [0.717, 1.165) is 38.2 Å². The van der Waals surface area contributed by atoms with E-state index in [4.69, 9.17) is 17.3 Å². The van der Waals surface area contributed by atoms with Crippen LogP contribution in [-0.2, 0) is 4.79 Å². The number of fused-ring (bicyclic) bond motifs is 1.